The van der Waals surface area contributed by atoms with Crippen molar-refractivity contribution in [1.29, 1.82) is 0 Å². The van der Waals surface area contributed by atoms with E-state index in [-0.39, 0.29) is 17.3 Å². The van der Waals surface area contributed by atoms with Crippen molar-refractivity contribution in [2.45, 2.75) is 12.8 Å². The van der Waals surface area contributed by atoms with Gasteiger partial charge in [0.15, 0.2) is 11.4 Å². The maximum atomic E-state index is 13.6. The van der Waals surface area contributed by atoms with Crippen LogP contribution in [-0.4, -0.2) is 33.7 Å². The predicted molar refractivity (Wildman–Crippen MR) is 141 cm³/mol. The normalized spacial score (nSPS) is 13.0. The van der Waals surface area contributed by atoms with E-state index in [1.54, 1.807) is 72.8 Å². The Hall–Kier alpha value is -3.81. The molecular formula is C27H22Cl2N4O3. The minimum absolute atomic E-state index is 0.0279. The van der Waals surface area contributed by atoms with E-state index in [1.165, 1.54) is 10.9 Å². The lowest BCUT2D eigenvalue weighted by Gasteiger charge is -2.17. The summed E-state index contributed by atoms with van der Waals surface area (Å²) in [5.74, 6) is 0.679. The Morgan fingerprint density at radius 2 is 1.67 bits per heavy atom. The first-order chi connectivity index (χ1) is 17.5. The lowest BCUT2D eigenvalue weighted by Crippen LogP contribution is -2.27. The van der Waals surface area contributed by atoms with E-state index in [9.17, 15) is 9.59 Å². The summed E-state index contributed by atoms with van der Waals surface area (Å²) in [6.45, 7) is 1.51. The van der Waals surface area contributed by atoms with Crippen LogP contribution < -0.4 is 15.6 Å². The zero-order chi connectivity index (χ0) is 25.1. The third kappa shape index (κ3) is 5.22. The number of likely N-dealkylation sites (tertiary alicyclic amines) is 1. The van der Waals surface area contributed by atoms with Gasteiger partial charge in [0.25, 0.3) is 11.5 Å². The molecule has 4 aromatic rings. The first-order valence-electron chi connectivity index (χ1n) is 11.5. The molecule has 0 unspecified atom stereocenters. The number of nitrogens with one attached hydrogen (secondary N) is 1. The fraction of sp³-hybridized carbons (Fsp3) is 0.148. The fourth-order valence-corrected chi connectivity index (χ4v) is 4.34. The molecular weight excluding hydrogens is 499 g/mol. The van der Waals surface area contributed by atoms with Crippen LogP contribution in [-0.2, 0) is 0 Å². The molecule has 0 spiro atoms. The van der Waals surface area contributed by atoms with Gasteiger partial charge in [-0.1, -0.05) is 35.3 Å². The molecule has 0 atom stereocenters. The van der Waals surface area contributed by atoms with Crippen molar-refractivity contribution in [3.8, 4) is 17.2 Å². The van der Waals surface area contributed by atoms with Gasteiger partial charge in [0.05, 0.1) is 11.9 Å². The molecule has 5 rings (SSSR count). The van der Waals surface area contributed by atoms with Crippen molar-refractivity contribution in [3.63, 3.8) is 0 Å². The summed E-state index contributed by atoms with van der Waals surface area (Å²) in [4.78, 5) is 28.3. The molecule has 1 fully saturated rings. The minimum Gasteiger partial charge on any atom is -0.453 e. The van der Waals surface area contributed by atoms with Crippen LogP contribution in [0.3, 0.4) is 0 Å². The van der Waals surface area contributed by atoms with Gasteiger partial charge in [0, 0.05) is 34.4 Å². The summed E-state index contributed by atoms with van der Waals surface area (Å²) < 4.78 is 7.23. The van der Waals surface area contributed by atoms with Crippen LogP contribution in [0.1, 0.15) is 23.2 Å². The summed E-state index contributed by atoms with van der Waals surface area (Å²) in [5, 5.41) is 8.49. The quantitative estimate of drug-likeness (QED) is 0.322. The molecule has 0 bridgehead atoms. The van der Waals surface area contributed by atoms with E-state index < -0.39 is 5.56 Å². The van der Waals surface area contributed by atoms with E-state index >= 15 is 0 Å². The predicted octanol–water partition coefficient (Wildman–Crippen LogP) is 6.31. The van der Waals surface area contributed by atoms with E-state index in [2.05, 4.69) is 10.4 Å². The Kier molecular flexibility index (Phi) is 6.93. The molecule has 1 N–H and O–H groups in total. The number of hydrogen-bond donors (Lipinski definition) is 1. The number of hydrogen-bond acceptors (Lipinski definition) is 5. The van der Waals surface area contributed by atoms with Crippen LogP contribution in [0.25, 0.3) is 5.69 Å². The van der Waals surface area contributed by atoms with Crippen molar-refractivity contribution in [1.82, 2.24) is 14.7 Å². The van der Waals surface area contributed by atoms with Gasteiger partial charge in [0.2, 0.25) is 0 Å². The molecule has 0 aliphatic carbocycles. The summed E-state index contributed by atoms with van der Waals surface area (Å²) in [6.07, 6.45) is 3.47. The number of rotatable bonds is 6. The van der Waals surface area contributed by atoms with E-state index in [1.807, 2.05) is 4.90 Å². The monoisotopic (exact) mass is 520 g/mol. The second-order valence-electron chi connectivity index (χ2n) is 8.34. The Morgan fingerprint density at radius 3 is 2.42 bits per heavy atom. The average molecular weight is 521 g/mol. The average Bonchev–Trinajstić information content (AvgIpc) is 3.42. The molecule has 2 heterocycles. The van der Waals surface area contributed by atoms with Crippen molar-refractivity contribution in [2.24, 2.45) is 0 Å². The van der Waals surface area contributed by atoms with E-state index in [0.717, 1.165) is 25.9 Å². The molecule has 0 radical (unpaired) electrons. The first kappa shape index (κ1) is 23.9. The second kappa shape index (κ2) is 10.4. The van der Waals surface area contributed by atoms with Crippen molar-refractivity contribution >= 4 is 40.5 Å². The standard InChI is InChI=1S/C27H22Cl2N4O3/c28-19-9-11-23(12-10-19)36-24-17-30-33(22-8-4-6-20(29)16-22)27(35)25(24)31-21-7-3-5-18(15-21)26(34)32-13-1-2-14-32/h3-12,15-17,31H,1-2,13-14H2. The smallest absolute Gasteiger partial charge is 0.299 e. The van der Waals surface area contributed by atoms with Crippen LogP contribution >= 0.6 is 23.2 Å². The van der Waals surface area contributed by atoms with Crippen LogP contribution in [0, 0.1) is 0 Å². The zero-order valence-electron chi connectivity index (χ0n) is 19.2. The Morgan fingerprint density at radius 1 is 0.917 bits per heavy atom. The third-order valence-electron chi connectivity index (χ3n) is 5.81. The van der Waals surface area contributed by atoms with Crippen LogP contribution in [0.15, 0.2) is 83.8 Å². The van der Waals surface area contributed by atoms with Gasteiger partial charge in [-0.2, -0.15) is 9.78 Å². The second-order valence-corrected chi connectivity index (χ2v) is 9.21. The maximum Gasteiger partial charge on any atom is 0.299 e. The van der Waals surface area contributed by atoms with Crippen LogP contribution in [0.5, 0.6) is 11.5 Å². The number of halogens is 2. The molecule has 1 amide bonds. The van der Waals surface area contributed by atoms with Crippen LogP contribution in [0.4, 0.5) is 11.4 Å². The highest BCUT2D eigenvalue weighted by molar-refractivity contribution is 6.31. The van der Waals surface area contributed by atoms with Crippen molar-refractivity contribution in [3.05, 3.63) is 105 Å². The molecule has 1 aliphatic heterocycles. The van der Waals surface area contributed by atoms with Gasteiger partial charge in [0.1, 0.15) is 5.75 Å². The van der Waals surface area contributed by atoms with Gasteiger partial charge < -0.3 is 15.0 Å². The summed E-state index contributed by atoms with van der Waals surface area (Å²) in [5.41, 5.74) is 1.34. The minimum atomic E-state index is -0.444. The number of ether oxygens (including phenoxy) is 1. The van der Waals surface area contributed by atoms with Gasteiger partial charge in [-0.15, -0.1) is 0 Å². The Labute approximate surface area is 217 Å². The van der Waals surface area contributed by atoms with Gasteiger partial charge >= 0.3 is 0 Å². The van der Waals surface area contributed by atoms with Crippen LogP contribution in [0.2, 0.25) is 10.0 Å². The fourth-order valence-electron chi connectivity index (χ4n) is 4.03. The number of amides is 1. The number of aromatic nitrogens is 2. The molecule has 7 nitrogen and oxygen atoms in total. The van der Waals surface area contributed by atoms with Gasteiger partial charge in [-0.25, -0.2) is 0 Å². The van der Waals surface area contributed by atoms with Crippen molar-refractivity contribution in [2.75, 3.05) is 18.4 Å². The molecule has 0 saturated carbocycles. The highest BCUT2D eigenvalue weighted by atomic mass is 35.5. The number of carbonyl (C=O) groups excluding carboxylic acids is 1. The molecule has 182 valence electrons. The zero-order valence-corrected chi connectivity index (χ0v) is 20.7. The number of anilines is 2. The van der Waals surface area contributed by atoms with Gasteiger partial charge in [-0.3, -0.25) is 9.59 Å². The van der Waals surface area contributed by atoms with Gasteiger partial charge in [-0.05, 0) is 73.5 Å². The molecule has 1 aromatic heterocycles. The van der Waals surface area contributed by atoms with E-state index in [0.29, 0.717) is 32.7 Å². The number of benzene rings is 3. The highest BCUT2D eigenvalue weighted by Gasteiger charge is 2.20. The Balaban J connectivity index is 1.54. The first-order valence-corrected chi connectivity index (χ1v) is 12.2. The Bertz CT molecular complexity index is 1460. The molecule has 3 aromatic carbocycles. The molecule has 9 heteroatoms. The topological polar surface area (TPSA) is 76.5 Å². The lowest BCUT2D eigenvalue weighted by molar-refractivity contribution is 0.0793. The summed E-state index contributed by atoms with van der Waals surface area (Å²) in [6, 6.07) is 20.7. The summed E-state index contributed by atoms with van der Waals surface area (Å²) >= 11 is 12.1. The van der Waals surface area contributed by atoms with E-state index in [4.69, 9.17) is 27.9 Å². The largest absolute Gasteiger partial charge is 0.453 e. The lowest BCUT2D eigenvalue weighted by atomic mass is 10.1. The number of carbonyl (C=O) groups is 1. The molecule has 36 heavy (non-hydrogen) atoms. The third-order valence-corrected chi connectivity index (χ3v) is 6.30. The molecule has 1 aliphatic rings. The SMILES string of the molecule is O=C(c1cccc(Nc2c(Oc3ccc(Cl)cc3)cnn(-c3cccc(Cl)c3)c2=O)c1)N1CCCC1. The molecule has 1 saturated heterocycles. The maximum absolute atomic E-state index is 13.6. The highest BCUT2D eigenvalue weighted by Crippen LogP contribution is 2.30. The summed E-state index contributed by atoms with van der Waals surface area (Å²) in [7, 11) is 0. The van der Waals surface area contributed by atoms with Crippen molar-refractivity contribution < 1.29 is 9.53 Å². The number of nitrogens with zero attached hydrogens (tertiary/aromatic N) is 3.